The number of hydrogen-bond acceptors (Lipinski definition) is 3. The molecule has 0 saturated heterocycles. The summed E-state index contributed by atoms with van der Waals surface area (Å²) in [7, 11) is -2.06. The molecule has 1 N–H and O–H groups in total. The minimum Gasteiger partial charge on any atom is -0.497 e. The molecular formula is C10H14ClNO3S. The SMILES string of the molecule is COc1ccc(S(=O)(=O)NC(C)C)c(Cl)c1. The highest BCUT2D eigenvalue weighted by Crippen LogP contribution is 2.25. The van der Waals surface area contributed by atoms with Crippen LogP contribution in [-0.4, -0.2) is 21.6 Å². The minimum atomic E-state index is -3.55. The quantitative estimate of drug-likeness (QED) is 0.904. The van der Waals surface area contributed by atoms with Gasteiger partial charge in [-0.3, -0.25) is 0 Å². The van der Waals surface area contributed by atoms with Crippen LogP contribution < -0.4 is 9.46 Å². The van der Waals surface area contributed by atoms with Gasteiger partial charge in [-0.2, -0.15) is 0 Å². The van der Waals surface area contributed by atoms with Crippen molar-refractivity contribution in [2.45, 2.75) is 24.8 Å². The summed E-state index contributed by atoms with van der Waals surface area (Å²) in [6.45, 7) is 3.49. The van der Waals surface area contributed by atoms with Gasteiger partial charge in [0.2, 0.25) is 10.0 Å². The van der Waals surface area contributed by atoms with Crippen molar-refractivity contribution in [2.24, 2.45) is 0 Å². The molecule has 4 nitrogen and oxygen atoms in total. The highest BCUT2D eigenvalue weighted by Gasteiger charge is 2.19. The van der Waals surface area contributed by atoms with Crippen LogP contribution in [0.4, 0.5) is 0 Å². The summed E-state index contributed by atoms with van der Waals surface area (Å²) in [6, 6.07) is 4.27. The Morgan fingerprint density at radius 2 is 2.00 bits per heavy atom. The Morgan fingerprint density at radius 1 is 1.38 bits per heavy atom. The molecule has 0 fully saturated rings. The van der Waals surface area contributed by atoms with Crippen molar-refractivity contribution in [1.82, 2.24) is 4.72 Å². The molecule has 0 heterocycles. The van der Waals surface area contributed by atoms with Crippen LogP contribution in [0.2, 0.25) is 5.02 Å². The second-order valence-electron chi connectivity index (χ2n) is 3.57. The Kier molecular flexibility index (Phi) is 4.18. The number of methoxy groups -OCH3 is 1. The lowest BCUT2D eigenvalue weighted by molar-refractivity contribution is 0.414. The first kappa shape index (κ1) is 13.3. The summed E-state index contributed by atoms with van der Waals surface area (Å²) in [5.41, 5.74) is 0. The van der Waals surface area contributed by atoms with Gasteiger partial charge in [0.1, 0.15) is 10.6 Å². The highest BCUT2D eigenvalue weighted by molar-refractivity contribution is 7.89. The molecule has 0 aromatic heterocycles. The molecule has 0 aliphatic heterocycles. The number of rotatable bonds is 4. The Bertz CT molecular complexity index is 471. The van der Waals surface area contributed by atoms with Gasteiger partial charge >= 0.3 is 0 Å². The van der Waals surface area contributed by atoms with Gasteiger partial charge in [-0.05, 0) is 26.0 Å². The minimum absolute atomic E-state index is 0.0590. The molecule has 16 heavy (non-hydrogen) atoms. The molecule has 0 saturated carbocycles. The first-order valence-electron chi connectivity index (χ1n) is 4.72. The van der Waals surface area contributed by atoms with Crippen LogP contribution in [0.25, 0.3) is 0 Å². The summed E-state index contributed by atoms with van der Waals surface area (Å²) in [5.74, 6) is 0.522. The molecule has 0 radical (unpaired) electrons. The number of nitrogens with one attached hydrogen (secondary N) is 1. The van der Waals surface area contributed by atoms with E-state index in [1.807, 2.05) is 0 Å². The Balaban J connectivity index is 3.14. The summed E-state index contributed by atoms with van der Waals surface area (Å²) < 4.78 is 31.1. The molecule has 0 atom stereocenters. The normalized spacial score (nSPS) is 11.8. The molecule has 1 aromatic rings. The van der Waals surface area contributed by atoms with Crippen molar-refractivity contribution in [3.05, 3.63) is 23.2 Å². The smallest absolute Gasteiger partial charge is 0.242 e. The zero-order chi connectivity index (χ0) is 12.3. The van der Waals surface area contributed by atoms with Crippen LogP contribution in [0, 0.1) is 0 Å². The number of ether oxygens (including phenoxy) is 1. The van der Waals surface area contributed by atoms with E-state index < -0.39 is 10.0 Å². The number of benzene rings is 1. The van der Waals surface area contributed by atoms with Gasteiger partial charge in [0, 0.05) is 12.1 Å². The average molecular weight is 264 g/mol. The molecule has 1 aromatic carbocycles. The van der Waals surface area contributed by atoms with E-state index in [0.29, 0.717) is 5.75 Å². The Morgan fingerprint density at radius 3 is 2.44 bits per heavy atom. The zero-order valence-electron chi connectivity index (χ0n) is 9.32. The van der Waals surface area contributed by atoms with Crippen LogP contribution in [-0.2, 0) is 10.0 Å². The fourth-order valence-electron chi connectivity index (χ4n) is 1.20. The summed E-state index contributed by atoms with van der Waals surface area (Å²) >= 11 is 5.88. The van der Waals surface area contributed by atoms with Crippen LogP contribution in [0.15, 0.2) is 23.1 Å². The third-order valence-electron chi connectivity index (χ3n) is 1.82. The summed E-state index contributed by atoms with van der Waals surface area (Å²) in [4.78, 5) is 0.0590. The van der Waals surface area contributed by atoms with E-state index in [9.17, 15) is 8.42 Å². The molecule has 6 heteroatoms. The van der Waals surface area contributed by atoms with Gasteiger partial charge in [0.05, 0.1) is 12.1 Å². The molecule has 1 rings (SSSR count). The topological polar surface area (TPSA) is 55.4 Å². The predicted octanol–water partition coefficient (Wildman–Crippen LogP) is 2.04. The van der Waals surface area contributed by atoms with E-state index in [2.05, 4.69) is 4.72 Å². The number of hydrogen-bond donors (Lipinski definition) is 1. The lowest BCUT2D eigenvalue weighted by Gasteiger charge is -2.11. The van der Waals surface area contributed by atoms with E-state index in [4.69, 9.17) is 16.3 Å². The Labute approximate surface area is 101 Å². The fraction of sp³-hybridized carbons (Fsp3) is 0.400. The lowest BCUT2D eigenvalue weighted by atomic mass is 10.3. The molecule has 0 unspecified atom stereocenters. The van der Waals surface area contributed by atoms with Crippen LogP contribution in [0.1, 0.15) is 13.8 Å². The second-order valence-corrected chi connectivity index (χ2v) is 5.66. The first-order chi connectivity index (χ1) is 7.36. The largest absolute Gasteiger partial charge is 0.497 e. The van der Waals surface area contributed by atoms with Gasteiger partial charge in [-0.25, -0.2) is 13.1 Å². The van der Waals surface area contributed by atoms with Crippen LogP contribution in [0.3, 0.4) is 0 Å². The van der Waals surface area contributed by atoms with Gasteiger partial charge in [0.25, 0.3) is 0 Å². The maximum Gasteiger partial charge on any atom is 0.242 e. The van der Waals surface area contributed by atoms with Gasteiger partial charge in [-0.1, -0.05) is 11.6 Å². The van der Waals surface area contributed by atoms with E-state index in [0.717, 1.165) is 0 Å². The molecular weight excluding hydrogens is 250 g/mol. The third-order valence-corrected chi connectivity index (χ3v) is 3.96. The van der Waals surface area contributed by atoms with Gasteiger partial charge < -0.3 is 4.74 Å². The number of sulfonamides is 1. The fourth-order valence-corrected chi connectivity index (χ4v) is 2.99. The van der Waals surface area contributed by atoms with E-state index in [1.165, 1.54) is 19.2 Å². The molecule has 90 valence electrons. The molecule has 0 spiro atoms. The van der Waals surface area contributed by atoms with E-state index in [1.54, 1.807) is 19.9 Å². The first-order valence-corrected chi connectivity index (χ1v) is 6.59. The maximum atomic E-state index is 11.8. The van der Waals surface area contributed by atoms with E-state index in [-0.39, 0.29) is 16.0 Å². The van der Waals surface area contributed by atoms with Gasteiger partial charge in [0.15, 0.2) is 0 Å². The zero-order valence-corrected chi connectivity index (χ0v) is 10.9. The molecule has 0 aliphatic carbocycles. The molecule has 0 bridgehead atoms. The van der Waals surface area contributed by atoms with Crippen molar-refractivity contribution in [1.29, 1.82) is 0 Å². The highest BCUT2D eigenvalue weighted by atomic mass is 35.5. The van der Waals surface area contributed by atoms with Crippen molar-refractivity contribution < 1.29 is 13.2 Å². The van der Waals surface area contributed by atoms with E-state index >= 15 is 0 Å². The lowest BCUT2D eigenvalue weighted by Crippen LogP contribution is -2.30. The molecule has 0 amide bonds. The van der Waals surface area contributed by atoms with Crippen molar-refractivity contribution in [2.75, 3.05) is 7.11 Å². The van der Waals surface area contributed by atoms with Crippen molar-refractivity contribution in [3.63, 3.8) is 0 Å². The average Bonchev–Trinajstić information content (AvgIpc) is 2.14. The third kappa shape index (κ3) is 3.10. The summed E-state index contributed by atoms with van der Waals surface area (Å²) in [6.07, 6.45) is 0. The molecule has 0 aliphatic rings. The van der Waals surface area contributed by atoms with Crippen molar-refractivity contribution >= 4 is 21.6 Å². The summed E-state index contributed by atoms with van der Waals surface area (Å²) in [5, 5.41) is 0.146. The predicted molar refractivity (Wildman–Crippen MR) is 63.5 cm³/mol. The van der Waals surface area contributed by atoms with Crippen LogP contribution in [0.5, 0.6) is 5.75 Å². The Hall–Kier alpha value is -0.780. The van der Waals surface area contributed by atoms with Crippen LogP contribution >= 0.6 is 11.6 Å². The standard InChI is InChI=1S/C10H14ClNO3S/c1-7(2)12-16(13,14)10-5-4-8(15-3)6-9(10)11/h4-7,12H,1-3H3. The monoisotopic (exact) mass is 263 g/mol. The second kappa shape index (κ2) is 5.03. The number of halogens is 1. The van der Waals surface area contributed by atoms with Gasteiger partial charge in [-0.15, -0.1) is 0 Å². The maximum absolute atomic E-state index is 11.8. The van der Waals surface area contributed by atoms with Crippen molar-refractivity contribution in [3.8, 4) is 5.75 Å².